The largest absolute Gasteiger partial charge is 0.478 e. The van der Waals surface area contributed by atoms with Gasteiger partial charge in [-0.3, -0.25) is 0 Å². The number of carboxylic acid groups (broad SMARTS) is 1. The van der Waals surface area contributed by atoms with Crippen LogP contribution in [0.15, 0.2) is 42.5 Å². The number of halogens is 1. The van der Waals surface area contributed by atoms with E-state index in [1.54, 1.807) is 18.2 Å². The third kappa shape index (κ3) is 2.69. The highest BCUT2D eigenvalue weighted by Crippen LogP contribution is 2.46. The summed E-state index contributed by atoms with van der Waals surface area (Å²) in [6.45, 7) is 4.26. The molecule has 3 nitrogen and oxygen atoms in total. The number of hydrogen-bond donors (Lipinski definition) is 2. The molecule has 1 heterocycles. The fraction of sp³-hybridized carbons (Fsp3) is 0.316. The summed E-state index contributed by atoms with van der Waals surface area (Å²) in [5.74, 6) is -0.628. The van der Waals surface area contributed by atoms with Gasteiger partial charge in [0.1, 0.15) is 5.82 Å². The lowest BCUT2D eigenvalue weighted by molar-refractivity contribution is 0.0697. The van der Waals surface area contributed by atoms with Crippen LogP contribution in [0.1, 0.15) is 53.7 Å². The molecule has 4 heteroatoms. The third-order valence-electron chi connectivity index (χ3n) is 4.89. The SMILES string of the molecule is CC[C@H]1[C@@H](C)c2cccc(F)c2N[C@H]1c1ccc(C(=O)O)cc1. The maximum Gasteiger partial charge on any atom is 0.335 e. The molecule has 120 valence electrons. The van der Waals surface area contributed by atoms with Crippen molar-refractivity contribution in [2.75, 3.05) is 5.32 Å². The first-order valence-corrected chi connectivity index (χ1v) is 7.91. The van der Waals surface area contributed by atoms with Gasteiger partial charge in [0.2, 0.25) is 0 Å². The van der Waals surface area contributed by atoms with Gasteiger partial charge in [-0.1, -0.05) is 44.5 Å². The molecule has 0 aliphatic carbocycles. The average Bonchev–Trinajstić information content (AvgIpc) is 2.55. The van der Waals surface area contributed by atoms with E-state index >= 15 is 0 Å². The van der Waals surface area contributed by atoms with Crippen LogP contribution in [-0.4, -0.2) is 11.1 Å². The number of anilines is 1. The number of benzene rings is 2. The summed E-state index contributed by atoms with van der Waals surface area (Å²) in [5.41, 5.74) is 2.83. The molecule has 0 unspecified atom stereocenters. The van der Waals surface area contributed by atoms with Crippen molar-refractivity contribution in [2.45, 2.75) is 32.2 Å². The van der Waals surface area contributed by atoms with Crippen LogP contribution < -0.4 is 5.32 Å². The fourth-order valence-corrected chi connectivity index (χ4v) is 3.61. The lowest BCUT2D eigenvalue weighted by Gasteiger charge is -2.39. The second kappa shape index (κ2) is 6.03. The summed E-state index contributed by atoms with van der Waals surface area (Å²) in [6.07, 6.45) is 0.954. The number of aromatic carboxylic acids is 1. The van der Waals surface area contributed by atoms with Gasteiger partial charge in [-0.15, -0.1) is 0 Å². The lowest BCUT2D eigenvalue weighted by Crippen LogP contribution is -2.30. The van der Waals surface area contributed by atoms with E-state index < -0.39 is 5.97 Å². The van der Waals surface area contributed by atoms with Crippen molar-refractivity contribution >= 4 is 11.7 Å². The Morgan fingerprint density at radius 3 is 2.52 bits per heavy atom. The number of nitrogens with one attached hydrogen (secondary N) is 1. The highest BCUT2D eigenvalue weighted by Gasteiger charge is 2.34. The Bertz CT molecular complexity index is 727. The molecular formula is C19H20FNO2. The predicted octanol–water partition coefficient (Wildman–Crippen LogP) is 4.82. The van der Waals surface area contributed by atoms with Crippen LogP contribution in [0.5, 0.6) is 0 Å². The number of hydrogen-bond acceptors (Lipinski definition) is 2. The van der Waals surface area contributed by atoms with E-state index in [0.29, 0.717) is 11.6 Å². The molecule has 0 aromatic heterocycles. The molecule has 2 aromatic rings. The van der Waals surface area contributed by atoms with Gasteiger partial charge in [0.15, 0.2) is 0 Å². The molecule has 0 bridgehead atoms. The third-order valence-corrected chi connectivity index (χ3v) is 4.89. The van der Waals surface area contributed by atoms with E-state index in [1.807, 2.05) is 18.2 Å². The standard InChI is InChI=1S/C19H20FNO2/c1-3-14-11(2)15-5-4-6-16(20)18(15)21-17(14)12-7-9-13(10-8-12)19(22)23/h4-11,14,17,21H,3H2,1-2H3,(H,22,23)/t11-,14+,17+/m1/s1. The van der Waals surface area contributed by atoms with Gasteiger partial charge < -0.3 is 10.4 Å². The Hall–Kier alpha value is -2.36. The van der Waals surface area contributed by atoms with Gasteiger partial charge in [-0.25, -0.2) is 9.18 Å². The molecule has 1 aliphatic rings. The zero-order valence-corrected chi connectivity index (χ0v) is 13.2. The van der Waals surface area contributed by atoms with Crippen LogP contribution in [-0.2, 0) is 0 Å². The monoisotopic (exact) mass is 313 g/mol. The predicted molar refractivity (Wildman–Crippen MR) is 88.4 cm³/mol. The second-order valence-electron chi connectivity index (χ2n) is 6.11. The minimum absolute atomic E-state index is 0.0257. The summed E-state index contributed by atoms with van der Waals surface area (Å²) >= 11 is 0. The molecule has 23 heavy (non-hydrogen) atoms. The van der Waals surface area contributed by atoms with Crippen LogP contribution >= 0.6 is 0 Å². The van der Waals surface area contributed by atoms with E-state index in [9.17, 15) is 9.18 Å². The van der Waals surface area contributed by atoms with Crippen LogP contribution in [0.2, 0.25) is 0 Å². The summed E-state index contributed by atoms with van der Waals surface area (Å²) in [7, 11) is 0. The first kappa shape index (κ1) is 15.5. The number of rotatable bonds is 3. The Balaban J connectivity index is 2.01. The first-order valence-electron chi connectivity index (χ1n) is 7.91. The smallest absolute Gasteiger partial charge is 0.335 e. The van der Waals surface area contributed by atoms with Crippen LogP contribution in [0.4, 0.5) is 10.1 Å². The van der Waals surface area contributed by atoms with Gasteiger partial charge >= 0.3 is 5.97 Å². The van der Waals surface area contributed by atoms with Gasteiger partial charge in [0, 0.05) is 0 Å². The van der Waals surface area contributed by atoms with Crippen molar-refractivity contribution in [3.8, 4) is 0 Å². The van der Waals surface area contributed by atoms with E-state index in [0.717, 1.165) is 17.5 Å². The highest BCUT2D eigenvalue weighted by atomic mass is 19.1. The minimum Gasteiger partial charge on any atom is -0.478 e. The van der Waals surface area contributed by atoms with Crippen LogP contribution in [0.3, 0.4) is 0 Å². The van der Waals surface area contributed by atoms with E-state index in [2.05, 4.69) is 19.2 Å². The molecule has 2 aromatic carbocycles. The van der Waals surface area contributed by atoms with Crippen molar-refractivity contribution in [3.63, 3.8) is 0 Å². The van der Waals surface area contributed by atoms with Crippen molar-refractivity contribution < 1.29 is 14.3 Å². The highest BCUT2D eigenvalue weighted by molar-refractivity contribution is 5.87. The van der Waals surface area contributed by atoms with Crippen molar-refractivity contribution in [1.29, 1.82) is 0 Å². The Morgan fingerprint density at radius 2 is 1.91 bits per heavy atom. The van der Waals surface area contributed by atoms with Gasteiger partial charge in [0.25, 0.3) is 0 Å². The number of fused-ring (bicyclic) bond motifs is 1. The van der Waals surface area contributed by atoms with Crippen molar-refractivity contribution in [1.82, 2.24) is 0 Å². The molecule has 0 spiro atoms. The average molecular weight is 313 g/mol. The summed E-state index contributed by atoms with van der Waals surface area (Å²) in [5, 5.41) is 12.4. The summed E-state index contributed by atoms with van der Waals surface area (Å²) in [6, 6.07) is 12.0. The summed E-state index contributed by atoms with van der Waals surface area (Å²) < 4.78 is 14.2. The molecule has 3 atom stereocenters. The maximum atomic E-state index is 14.2. The Labute approximate surface area is 135 Å². The molecule has 0 saturated heterocycles. The minimum atomic E-state index is -0.940. The molecule has 0 radical (unpaired) electrons. The first-order chi connectivity index (χ1) is 11.0. The topological polar surface area (TPSA) is 49.3 Å². The van der Waals surface area contributed by atoms with Crippen LogP contribution in [0.25, 0.3) is 0 Å². The van der Waals surface area contributed by atoms with Gasteiger partial charge in [-0.2, -0.15) is 0 Å². The fourth-order valence-electron chi connectivity index (χ4n) is 3.61. The van der Waals surface area contributed by atoms with Crippen LogP contribution in [0, 0.1) is 11.7 Å². The maximum absolute atomic E-state index is 14.2. The molecule has 1 aliphatic heterocycles. The molecule has 2 N–H and O–H groups in total. The summed E-state index contributed by atoms with van der Waals surface area (Å²) in [4.78, 5) is 11.0. The lowest BCUT2D eigenvalue weighted by atomic mass is 9.75. The molecule has 0 amide bonds. The number of carboxylic acids is 1. The Kier molecular flexibility index (Phi) is 4.07. The molecule has 0 saturated carbocycles. The zero-order valence-electron chi connectivity index (χ0n) is 13.2. The normalized spacial score (nSPS) is 23.0. The molecule has 3 rings (SSSR count). The van der Waals surface area contributed by atoms with E-state index in [4.69, 9.17) is 5.11 Å². The number of para-hydroxylation sites is 1. The van der Waals surface area contributed by atoms with E-state index in [1.165, 1.54) is 6.07 Å². The zero-order chi connectivity index (χ0) is 16.6. The van der Waals surface area contributed by atoms with Crippen molar-refractivity contribution in [2.24, 2.45) is 5.92 Å². The van der Waals surface area contributed by atoms with Gasteiger partial charge in [-0.05, 0) is 41.2 Å². The van der Waals surface area contributed by atoms with Crippen molar-refractivity contribution in [3.05, 3.63) is 65.0 Å². The molecular weight excluding hydrogens is 293 g/mol. The molecule has 0 fully saturated rings. The Morgan fingerprint density at radius 1 is 1.22 bits per heavy atom. The van der Waals surface area contributed by atoms with E-state index in [-0.39, 0.29) is 23.3 Å². The van der Waals surface area contributed by atoms with Gasteiger partial charge in [0.05, 0.1) is 17.3 Å². The number of carbonyl (C=O) groups is 1. The quantitative estimate of drug-likeness (QED) is 0.854. The second-order valence-corrected chi connectivity index (χ2v) is 6.11.